The summed E-state index contributed by atoms with van der Waals surface area (Å²) in [7, 11) is 1.62. The summed E-state index contributed by atoms with van der Waals surface area (Å²) < 4.78 is 7.80. The van der Waals surface area contributed by atoms with Crippen LogP contribution >= 0.6 is 23.8 Å². The highest BCUT2D eigenvalue weighted by molar-refractivity contribution is 7.80. The van der Waals surface area contributed by atoms with Gasteiger partial charge in [0.2, 0.25) is 0 Å². The molecule has 5 nitrogen and oxygen atoms in total. The fourth-order valence-electron chi connectivity index (χ4n) is 4.91. The Bertz CT molecular complexity index is 1080. The van der Waals surface area contributed by atoms with E-state index >= 15 is 0 Å². The van der Waals surface area contributed by atoms with Crippen LogP contribution in [0.25, 0.3) is 0 Å². The molecule has 1 aliphatic carbocycles. The summed E-state index contributed by atoms with van der Waals surface area (Å²) in [5.41, 5.74) is 3.14. The number of ether oxygens (including phenoxy) is 1. The third kappa shape index (κ3) is 3.68. The molecular formula is C24H25ClN4OS. The highest BCUT2D eigenvalue weighted by atomic mass is 35.5. The van der Waals surface area contributed by atoms with Gasteiger partial charge in [0.1, 0.15) is 11.8 Å². The molecule has 1 saturated heterocycles. The number of methoxy groups -OCH3 is 1. The summed E-state index contributed by atoms with van der Waals surface area (Å²) in [6.45, 7) is 0. The first-order valence-electron chi connectivity index (χ1n) is 10.7. The van der Waals surface area contributed by atoms with E-state index < -0.39 is 0 Å². The maximum atomic E-state index is 6.48. The van der Waals surface area contributed by atoms with E-state index in [-0.39, 0.29) is 12.1 Å². The van der Waals surface area contributed by atoms with Crippen LogP contribution in [0.2, 0.25) is 5.02 Å². The van der Waals surface area contributed by atoms with Crippen LogP contribution in [0.3, 0.4) is 0 Å². The third-order valence-electron chi connectivity index (χ3n) is 6.34. The fourth-order valence-corrected chi connectivity index (χ4v) is 5.51. The first-order valence-corrected chi connectivity index (χ1v) is 11.5. The molecule has 3 heterocycles. The summed E-state index contributed by atoms with van der Waals surface area (Å²) in [5.74, 6) is 0.649. The van der Waals surface area contributed by atoms with Gasteiger partial charge in [-0.25, -0.2) is 0 Å². The van der Waals surface area contributed by atoms with Crippen molar-refractivity contribution in [1.82, 2.24) is 14.9 Å². The lowest BCUT2D eigenvalue weighted by atomic mass is 10.00. The molecule has 0 unspecified atom stereocenters. The molecule has 2 aromatic heterocycles. The van der Waals surface area contributed by atoms with E-state index in [9.17, 15) is 0 Å². The minimum Gasteiger partial charge on any atom is -0.495 e. The SMILES string of the molecule is COc1ccc(N2C(=S)N[C@@H](c3ccccn3)[C@@H]2c2cccn2C2CCCC2)cc1Cl. The third-order valence-corrected chi connectivity index (χ3v) is 6.95. The van der Waals surface area contributed by atoms with Crippen LogP contribution in [0, 0.1) is 0 Å². The van der Waals surface area contributed by atoms with E-state index in [1.165, 1.54) is 31.4 Å². The minimum absolute atomic E-state index is 0.0394. The van der Waals surface area contributed by atoms with Gasteiger partial charge in [-0.15, -0.1) is 0 Å². The van der Waals surface area contributed by atoms with Crippen LogP contribution < -0.4 is 15.0 Å². The average molecular weight is 453 g/mol. The molecule has 1 saturated carbocycles. The van der Waals surface area contributed by atoms with Crippen molar-refractivity contribution in [2.24, 2.45) is 0 Å². The quantitative estimate of drug-likeness (QED) is 0.493. The Morgan fingerprint density at radius 3 is 2.68 bits per heavy atom. The Kier molecular flexibility index (Phi) is 5.59. The normalized spacial score (nSPS) is 21.5. The van der Waals surface area contributed by atoms with E-state index in [2.05, 4.69) is 44.2 Å². The van der Waals surface area contributed by atoms with Gasteiger partial charge < -0.3 is 19.5 Å². The highest BCUT2D eigenvalue weighted by Gasteiger charge is 2.42. The van der Waals surface area contributed by atoms with Gasteiger partial charge in [-0.3, -0.25) is 4.98 Å². The maximum absolute atomic E-state index is 6.48. The van der Waals surface area contributed by atoms with Gasteiger partial charge in [-0.1, -0.05) is 30.5 Å². The number of rotatable bonds is 5. The van der Waals surface area contributed by atoms with E-state index in [1.807, 2.05) is 36.5 Å². The second-order valence-electron chi connectivity index (χ2n) is 8.09. The van der Waals surface area contributed by atoms with Crippen molar-refractivity contribution in [3.05, 3.63) is 77.3 Å². The summed E-state index contributed by atoms with van der Waals surface area (Å²) in [6, 6.07) is 16.6. The predicted octanol–water partition coefficient (Wildman–Crippen LogP) is 5.84. The number of anilines is 1. The van der Waals surface area contributed by atoms with Gasteiger partial charge >= 0.3 is 0 Å². The molecule has 2 atom stereocenters. The molecule has 31 heavy (non-hydrogen) atoms. The molecule has 0 radical (unpaired) electrons. The Labute approximate surface area is 193 Å². The average Bonchev–Trinajstić information content (AvgIpc) is 3.53. The number of hydrogen-bond donors (Lipinski definition) is 1. The van der Waals surface area contributed by atoms with Gasteiger partial charge in [0.15, 0.2) is 5.11 Å². The predicted molar refractivity (Wildman–Crippen MR) is 128 cm³/mol. The van der Waals surface area contributed by atoms with Crippen molar-refractivity contribution in [2.75, 3.05) is 12.0 Å². The first kappa shape index (κ1) is 20.3. The molecule has 5 rings (SSSR count). The van der Waals surface area contributed by atoms with E-state index in [0.29, 0.717) is 21.9 Å². The van der Waals surface area contributed by atoms with E-state index in [0.717, 1.165) is 11.4 Å². The summed E-state index contributed by atoms with van der Waals surface area (Å²) >= 11 is 12.3. The van der Waals surface area contributed by atoms with Gasteiger partial charge in [-0.2, -0.15) is 0 Å². The number of nitrogens with one attached hydrogen (secondary N) is 1. The number of aromatic nitrogens is 2. The zero-order chi connectivity index (χ0) is 21.4. The van der Waals surface area contributed by atoms with Crippen molar-refractivity contribution < 1.29 is 4.74 Å². The van der Waals surface area contributed by atoms with Crippen molar-refractivity contribution >= 4 is 34.6 Å². The molecule has 1 aliphatic heterocycles. The van der Waals surface area contributed by atoms with Gasteiger partial charge in [0.05, 0.1) is 23.9 Å². The molecule has 3 aromatic rings. The Morgan fingerprint density at radius 2 is 1.97 bits per heavy atom. The maximum Gasteiger partial charge on any atom is 0.174 e. The Hall–Kier alpha value is -2.57. The van der Waals surface area contributed by atoms with Crippen molar-refractivity contribution in [3.8, 4) is 5.75 Å². The molecule has 1 N–H and O–H groups in total. The van der Waals surface area contributed by atoms with Crippen molar-refractivity contribution in [3.63, 3.8) is 0 Å². The molecule has 7 heteroatoms. The van der Waals surface area contributed by atoms with E-state index in [4.69, 9.17) is 28.6 Å². The number of halogens is 1. The molecule has 0 bridgehead atoms. The monoisotopic (exact) mass is 452 g/mol. The Morgan fingerprint density at radius 1 is 1.13 bits per heavy atom. The molecular weight excluding hydrogens is 428 g/mol. The van der Waals surface area contributed by atoms with Gasteiger partial charge in [0, 0.05) is 29.8 Å². The van der Waals surface area contributed by atoms with Crippen molar-refractivity contribution in [1.29, 1.82) is 0 Å². The van der Waals surface area contributed by atoms with Gasteiger partial charge in [0.25, 0.3) is 0 Å². The first-order chi connectivity index (χ1) is 15.2. The largest absolute Gasteiger partial charge is 0.495 e. The smallest absolute Gasteiger partial charge is 0.174 e. The number of benzene rings is 1. The summed E-state index contributed by atoms with van der Waals surface area (Å²) in [5, 5.41) is 4.76. The summed E-state index contributed by atoms with van der Waals surface area (Å²) in [4.78, 5) is 6.82. The molecule has 160 valence electrons. The summed E-state index contributed by atoms with van der Waals surface area (Å²) in [6.07, 6.45) is 9.04. The minimum atomic E-state index is -0.0652. The number of thiocarbonyl (C=S) groups is 1. The lowest BCUT2D eigenvalue weighted by molar-refractivity contribution is 0.415. The number of nitrogens with zero attached hydrogens (tertiary/aromatic N) is 3. The van der Waals surface area contributed by atoms with Crippen LogP contribution in [0.5, 0.6) is 5.75 Å². The van der Waals surface area contributed by atoms with Crippen LogP contribution in [0.1, 0.15) is 55.2 Å². The fraction of sp³-hybridized carbons (Fsp3) is 0.333. The van der Waals surface area contributed by atoms with Crippen molar-refractivity contribution in [2.45, 2.75) is 43.8 Å². The number of pyridine rings is 1. The zero-order valence-corrected chi connectivity index (χ0v) is 18.9. The molecule has 0 amide bonds. The standard InChI is InChI=1S/C24H25ClN4OS/c1-30-21-12-11-17(15-18(21)25)29-23(20-10-6-14-28(20)16-7-2-3-8-16)22(27-24(29)31)19-9-4-5-13-26-19/h4-6,9-16,22-23H,2-3,7-8H2,1H3,(H,27,31)/t22-,23-/m0/s1. The molecule has 2 aliphatic rings. The van der Waals surface area contributed by atoms with Crippen LogP contribution in [-0.4, -0.2) is 21.8 Å². The Balaban J connectivity index is 1.62. The highest BCUT2D eigenvalue weighted by Crippen LogP contribution is 2.44. The van der Waals surface area contributed by atoms with E-state index in [1.54, 1.807) is 7.11 Å². The van der Waals surface area contributed by atoms with Crippen LogP contribution in [-0.2, 0) is 0 Å². The molecule has 2 fully saturated rings. The lowest BCUT2D eigenvalue weighted by Gasteiger charge is -2.30. The van der Waals surface area contributed by atoms with Crippen LogP contribution in [0.4, 0.5) is 5.69 Å². The molecule has 0 spiro atoms. The number of hydrogen-bond acceptors (Lipinski definition) is 3. The molecule has 1 aromatic carbocycles. The zero-order valence-electron chi connectivity index (χ0n) is 17.4. The van der Waals surface area contributed by atoms with Crippen LogP contribution in [0.15, 0.2) is 60.9 Å². The topological polar surface area (TPSA) is 42.3 Å². The second-order valence-corrected chi connectivity index (χ2v) is 8.89. The second kappa shape index (κ2) is 8.52. The van der Waals surface area contributed by atoms with Gasteiger partial charge in [-0.05, 0) is 67.5 Å². The lowest BCUT2D eigenvalue weighted by Crippen LogP contribution is -2.30.